The summed E-state index contributed by atoms with van der Waals surface area (Å²) in [5, 5.41) is 0.496. The fourth-order valence-electron chi connectivity index (χ4n) is 3.30. The van der Waals surface area contributed by atoms with Crippen LogP contribution in [0.25, 0.3) is 6.08 Å². The molecule has 0 unspecified atom stereocenters. The van der Waals surface area contributed by atoms with Crippen LogP contribution in [0.2, 0.25) is 10.0 Å². The molecule has 1 aliphatic rings. The van der Waals surface area contributed by atoms with Gasteiger partial charge in [-0.15, -0.1) is 0 Å². The van der Waals surface area contributed by atoms with E-state index in [1.807, 2.05) is 0 Å². The minimum Gasteiger partial charge on any atom is -0.493 e. The zero-order valence-electron chi connectivity index (χ0n) is 17.9. The Morgan fingerprint density at radius 1 is 1.00 bits per heavy atom. The molecule has 1 aliphatic heterocycles. The Balaban J connectivity index is 1.55. The summed E-state index contributed by atoms with van der Waals surface area (Å²) in [7, 11) is 1.51. The fraction of sp³-hybridized carbons (Fsp3) is 0.120. The van der Waals surface area contributed by atoms with Crippen LogP contribution in [0.1, 0.15) is 16.7 Å². The number of hydrogen-bond acceptors (Lipinski definition) is 5. The fourth-order valence-corrected chi connectivity index (χ4v) is 4.65. The van der Waals surface area contributed by atoms with Gasteiger partial charge in [0.25, 0.3) is 11.1 Å². The lowest BCUT2D eigenvalue weighted by molar-refractivity contribution is -0.123. The van der Waals surface area contributed by atoms with Gasteiger partial charge in [0.05, 0.1) is 18.6 Å². The monoisotopic (exact) mass is 517 g/mol. The molecule has 0 saturated carbocycles. The molecule has 0 spiro atoms. The number of rotatable bonds is 7. The Labute approximate surface area is 210 Å². The molecule has 5 nitrogen and oxygen atoms in total. The van der Waals surface area contributed by atoms with Gasteiger partial charge in [0, 0.05) is 21.2 Å². The first-order valence-corrected chi connectivity index (χ1v) is 11.7. The SMILES string of the molecule is COc1ccc(/C=C2\SC(=O)N(Cc3ccccc3F)C2=O)cc1OCc1c(Cl)cccc1Cl. The highest BCUT2D eigenvalue weighted by Crippen LogP contribution is 2.36. The van der Waals surface area contributed by atoms with Crippen LogP contribution < -0.4 is 9.47 Å². The van der Waals surface area contributed by atoms with Crippen molar-refractivity contribution >= 4 is 52.2 Å². The number of benzene rings is 3. The summed E-state index contributed by atoms with van der Waals surface area (Å²) < 4.78 is 25.3. The zero-order valence-corrected chi connectivity index (χ0v) is 20.2. The van der Waals surface area contributed by atoms with Crippen LogP contribution in [0.15, 0.2) is 65.6 Å². The first-order valence-electron chi connectivity index (χ1n) is 10.1. The smallest absolute Gasteiger partial charge is 0.293 e. The third-order valence-electron chi connectivity index (χ3n) is 5.08. The average Bonchev–Trinajstić information content (AvgIpc) is 3.07. The quantitative estimate of drug-likeness (QED) is 0.317. The topological polar surface area (TPSA) is 55.8 Å². The number of nitrogens with zero attached hydrogens (tertiary/aromatic N) is 1. The molecule has 3 aromatic carbocycles. The van der Waals surface area contributed by atoms with Gasteiger partial charge in [-0.05, 0) is 53.7 Å². The number of methoxy groups -OCH3 is 1. The maximum absolute atomic E-state index is 14.0. The van der Waals surface area contributed by atoms with E-state index in [9.17, 15) is 14.0 Å². The van der Waals surface area contributed by atoms with Crippen molar-refractivity contribution in [3.8, 4) is 11.5 Å². The lowest BCUT2D eigenvalue weighted by atomic mass is 10.1. The highest BCUT2D eigenvalue weighted by atomic mass is 35.5. The van der Waals surface area contributed by atoms with Crippen molar-refractivity contribution in [2.45, 2.75) is 13.2 Å². The summed E-state index contributed by atoms with van der Waals surface area (Å²) in [5.41, 5.74) is 1.52. The Hall–Kier alpha value is -3.00. The van der Waals surface area contributed by atoms with E-state index in [2.05, 4.69) is 0 Å². The zero-order chi connectivity index (χ0) is 24.2. The minimum absolute atomic E-state index is 0.109. The highest BCUT2D eigenvalue weighted by molar-refractivity contribution is 8.18. The summed E-state index contributed by atoms with van der Waals surface area (Å²) in [4.78, 5) is 26.5. The van der Waals surface area contributed by atoms with Crippen molar-refractivity contribution in [2.75, 3.05) is 7.11 Å². The third kappa shape index (κ3) is 5.22. The van der Waals surface area contributed by atoms with E-state index in [0.717, 1.165) is 16.7 Å². The predicted octanol–water partition coefficient (Wildman–Crippen LogP) is 6.96. The van der Waals surface area contributed by atoms with E-state index < -0.39 is 17.0 Å². The molecule has 174 valence electrons. The molecule has 4 rings (SSSR count). The third-order valence-corrected chi connectivity index (χ3v) is 6.69. The molecule has 0 radical (unpaired) electrons. The van der Waals surface area contributed by atoms with E-state index in [4.69, 9.17) is 32.7 Å². The predicted molar refractivity (Wildman–Crippen MR) is 132 cm³/mol. The molecule has 0 bridgehead atoms. The lowest BCUT2D eigenvalue weighted by Gasteiger charge is -2.13. The Bertz CT molecular complexity index is 1280. The van der Waals surface area contributed by atoms with E-state index in [1.165, 1.54) is 13.2 Å². The summed E-state index contributed by atoms with van der Waals surface area (Å²) in [5.74, 6) is -0.0636. The Morgan fingerprint density at radius 3 is 2.44 bits per heavy atom. The van der Waals surface area contributed by atoms with Gasteiger partial charge in [0.1, 0.15) is 12.4 Å². The number of carbonyl (C=O) groups is 2. The van der Waals surface area contributed by atoms with Gasteiger partial charge in [-0.25, -0.2) is 4.39 Å². The van der Waals surface area contributed by atoms with Crippen LogP contribution in [-0.4, -0.2) is 23.2 Å². The molecule has 34 heavy (non-hydrogen) atoms. The molecule has 0 N–H and O–H groups in total. The summed E-state index contributed by atoms with van der Waals surface area (Å²) in [6.45, 7) is -0.0261. The summed E-state index contributed by atoms with van der Waals surface area (Å²) in [6.07, 6.45) is 1.58. The maximum Gasteiger partial charge on any atom is 0.293 e. The minimum atomic E-state index is -0.487. The normalized spacial score (nSPS) is 14.7. The molecular formula is C25H18Cl2FNO4S. The maximum atomic E-state index is 14.0. The van der Waals surface area contributed by atoms with Crippen molar-refractivity contribution in [2.24, 2.45) is 0 Å². The van der Waals surface area contributed by atoms with Crippen molar-refractivity contribution in [1.82, 2.24) is 4.90 Å². The van der Waals surface area contributed by atoms with Crippen molar-refractivity contribution < 1.29 is 23.5 Å². The second-order valence-corrected chi connectivity index (χ2v) is 9.07. The molecule has 1 saturated heterocycles. The van der Waals surface area contributed by atoms with Crippen molar-refractivity contribution in [3.63, 3.8) is 0 Å². The van der Waals surface area contributed by atoms with Gasteiger partial charge in [-0.2, -0.15) is 0 Å². The van der Waals surface area contributed by atoms with Gasteiger partial charge in [0.2, 0.25) is 0 Å². The molecular weight excluding hydrogens is 500 g/mol. The second-order valence-electron chi connectivity index (χ2n) is 7.26. The lowest BCUT2D eigenvalue weighted by Crippen LogP contribution is -2.27. The Kier molecular flexibility index (Phi) is 7.46. The molecule has 0 aromatic heterocycles. The van der Waals surface area contributed by atoms with Crippen LogP contribution >= 0.6 is 35.0 Å². The second kappa shape index (κ2) is 10.5. The Morgan fingerprint density at radius 2 is 1.74 bits per heavy atom. The van der Waals surface area contributed by atoms with Gasteiger partial charge < -0.3 is 9.47 Å². The first-order chi connectivity index (χ1) is 16.4. The van der Waals surface area contributed by atoms with E-state index >= 15 is 0 Å². The van der Waals surface area contributed by atoms with Crippen LogP contribution in [0.5, 0.6) is 11.5 Å². The number of ether oxygens (including phenoxy) is 2. The molecule has 3 aromatic rings. The van der Waals surface area contributed by atoms with E-state index in [1.54, 1.807) is 60.7 Å². The number of thioether (sulfide) groups is 1. The highest BCUT2D eigenvalue weighted by Gasteiger charge is 2.35. The number of imide groups is 1. The van der Waals surface area contributed by atoms with Crippen LogP contribution in [0, 0.1) is 5.82 Å². The largest absolute Gasteiger partial charge is 0.493 e. The molecule has 9 heteroatoms. The van der Waals surface area contributed by atoms with Crippen molar-refractivity contribution in [3.05, 3.63) is 98.1 Å². The van der Waals surface area contributed by atoms with Crippen LogP contribution in [0.4, 0.5) is 9.18 Å². The number of halogens is 3. The van der Waals surface area contributed by atoms with Gasteiger partial charge in [-0.3, -0.25) is 14.5 Å². The number of carbonyl (C=O) groups excluding carboxylic acids is 2. The van der Waals surface area contributed by atoms with E-state index in [0.29, 0.717) is 32.7 Å². The molecule has 1 heterocycles. The summed E-state index contributed by atoms with van der Waals surface area (Å²) in [6, 6.07) is 16.3. The molecule has 1 fully saturated rings. The average molecular weight is 518 g/mol. The number of hydrogen-bond donors (Lipinski definition) is 0. The standard InChI is InChI=1S/C25H18Cl2FNO4S/c1-32-21-10-9-15(11-22(21)33-14-17-18(26)6-4-7-19(17)27)12-23-24(30)29(25(31)34-23)13-16-5-2-3-8-20(16)28/h2-12H,13-14H2,1H3/b23-12-. The van der Waals surface area contributed by atoms with Gasteiger partial charge >= 0.3 is 0 Å². The summed E-state index contributed by atoms with van der Waals surface area (Å²) >= 11 is 13.2. The molecule has 2 amide bonds. The van der Waals surface area contributed by atoms with Gasteiger partial charge in [-0.1, -0.05) is 53.5 Å². The first kappa shape index (κ1) is 24.1. The van der Waals surface area contributed by atoms with Crippen LogP contribution in [-0.2, 0) is 17.9 Å². The van der Waals surface area contributed by atoms with Gasteiger partial charge in [0.15, 0.2) is 11.5 Å². The number of amides is 2. The molecule has 0 atom stereocenters. The van der Waals surface area contributed by atoms with Crippen molar-refractivity contribution in [1.29, 1.82) is 0 Å². The molecule has 0 aliphatic carbocycles. The van der Waals surface area contributed by atoms with Crippen LogP contribution in [0.3, 0.4) is 0 Å². The van der Waals surface area contributed by atoms with E-state index in [-0.39, 0.29) is 23.6 Å².